The van der Waals surface area contributed by atoms with Gasteiger partial charge in [0.05, 0.1) is 12.7 Å². The van der Waals surface area contributed by atoms with Crippen molar-refractivity contribution in [3.63, 3.8) is 0 Å². The van der Waals surface area contributed by atoms with Gasteiger partial charge in [0.1, 0.15) is 0 Å². The highest BCUT2D eigenvalue weighted by atomic mass is 79.9. The summed E-state index contributed by atoms with van der Waals surface area (Å²) in [5.74, 6) is 0. The molecule has 1 heterocycles. The highest BCUT2D eigenvalue weighted by molar-refractivity contribution is 9.10. The second kappa shape index (κ2) is 7.40. The Kier molecular flexibility index (Phi) is 6.53. The molecule has 0 aliphatic rings. The van der Waals surface area contributed by atoms with Crippen LogP contribution in [-0.4, -0.2) is 33.5 Å². The lowest BCUT2D eigenvalue weighted by Crippen LogP contribution is -2.33. The summed E-state index contributed by atoms with van der Waals surface area (Å²) in [5, 5.41) is 5.52. The minimum atomic E-state index is 0.103. The molecule has 0 spiro atoms. The molecule has 1 N–H and O–H groups in total. The Bertz CT molecular complexity index is 306. The van der Waals surface area contributed by atoms with Gasteiger partial charge in [-0.3, -0.25) is 0 Å². The first-order chi connectivity index (χ1) is 7.69. The molecule has 5 heteroatoms. The quantitative estimate of drug-likeness (QED) is 0.840. The summed E-state index contributed by atoms with van der Waals surface area (Å²) in [6, 6.07) is 2.39. The van der Waals surface area contributed by atoms with Crippen molar-refractivity contribution in [1.29, 1.82) is 0 Å². The van der Waals surface area contributed by atoms with E-state index in [1.54, 1.807) is 25.6 Å². The van der Waals surface area contributed by atoms with Crippen LogP contribution in [-0.2, 0) is 9.47 Å². The Morgan fingerprint density at radius 1 is 1.50 bits per heavy atom. The lowest BCUT2D eigenvalue weighted by Gasteiger charge is -2.18. The van der Waals surface area contributed by atoms with Gasteiger partial charge in [0.2, 0.25) is 0 Å². The molecule has 0 saturated carbocycles. The van der Waals surface area contributed by atoms with E-state index >= 15 is 0 Å². The number of hydrogen-bond donors (Lipinski definition) is 1. The van der Waals surface area contributed by atoms with Crippen LogP contribution >= 0.6 is 27.3 Å². The smallest absolute Gasteiger partial charge is 0.0928 e. The molecular formula is C11H18BrNO2S. The minimum absolute atomic E-state index is 0.103. The van der Waals surface area contributed by atoms with Gasteiger partial charge in [-0.2, -0.15) is 0 Å². The van der Waals surface area contributed by atoms with Crippen LogP contribution in [0.1, 0.15) is 17.8 Å². The molecule has 3 nitrogen and oxygen atoms in total. The average molecular weight is 308 g/mol. The Hall–Kier alpha value is 0.0600. The maximum Gasteiger partial charge on any atom is 0.0928 e. The summed E-state index contributed by atoms with van der Waals surface area (Å²) < 4.78 is 11.5. The third kappa shape index (κ3) is 4.14. The fraction of sp³-hybridized carbons (Fsp3) is 0.636. The molecule has 16 heavy (non-hydrogen) atoms. The van der Waals surface area contributed by atoms with Gasteiger partial charge < -0.3 is 14.8 Å². The van der Waals surface area contributed by atoms with E-state index in [1.807, 2.05) is 0 Å². The van der Waals surface area contributed by atoms with Crippen molar-refractivity contribution in [3.8, 4) is 0 Å². The molecule has 0 radical (unpaired) electrons. The fourth-order valence-electron chi connectivity index (χ4n) is 1.41. The van der Waals surface area contributed by atoms with Gasteiger partial charge in [0.25, 0.3) is 0 Å². The van der Waals surface area contributed by atoms with Gasteiger partial charge in [0, 0.05) is 36.2 Å². The molecule has 2 unspecified atom stereocenters. The maximum atomic E-state index is 5.29. The van der Waals surface area contributed by atoms with E-state index < -0.39 is 0 Å². The number of halogens is 1. The van der Waals surface area contributed by atoms with Gasteiger partial charge in [-0.25, -0.2) is 0 Å². The first-order valence-electron chi connectivity index (χ1n) is 5.17. The van der Waals surface area contributed by atoms with Gasteiger partial charge in [-0.1, -0.05) is 0 Å². The molecule has 0 saturated heterocycles. The van der Waals surface area contributed by atoms with Crippen molar-refractivity contribution < 1.29 is 9.47 Å². The van der Waals surface area contributed by atoms with Crippen molar-refractivity contribution in [2.75, 3.05) is 27.4 Å². The minimum Gasteiger partial charge on any atom is -0.382 e. The van der Waals surface area contributed by atoms with Gasteiger partial charge in [-0.15, -0.1) is 11.3 Å². The summed E-state index contributed by atoms with van der Waals surface area (Å²) in [6.07, 6.45) is 0.103. The summed E-state index contributed by atoms with van der Waals surface area (Å²) in [7, 11) is 3.39. The molecule has 2 atom stereocenters. The number of hydrogen-bond acceptors (Lipinski definition) is 4. The molecule has 1 rings (SSSR count). The monoisotopic (exact) mass is 307 g/mol. The van der Waals surface area contributed by atoms with E-state index in [1.165, 1.54) is 9.35 Å². The van der Waals surface area contributed by atoms with Crippen molar-refractivity contribution in [2.45, 2.75) is 19.1 Å². The zero-order chi connectivity index (χ0) is 12.0. The Morgan fingerprint density at radius 3 is 2.75 bits per heavy atom. The van der Waals surface area contributed by atoms with E-state index in [0.717, 1.165) is 6.54 Å². The molecule has 0 aliphatic carbocycles. The standard InChI is InChI=1S/C11H18BrNO2S/c1-8(11-10(12)4-5-16-11)13-6-9(15-3)7-14-2/h4-5,8-9,13H,6-7H2,1-3H3. The molecule has 1 aromatic heterocycles. The molecular weight excluding hydrogens is 290 g/mol. The molecule has 92 valence electrons. The predicted molar refractivity (Wildman–Crippen MR) is 71.1 cm³/mol. The Morgan fingerprint density at radius 2 is 2.25 bits per heavy atom. The highest BCUT2D eigenvalue weighted by Gasteiger charge is 2.13. The van der Waals surface area contributed by atoms with Crippen molar-refractivity contribution >= 4 is 27.3 Å². The molecule has 0 aromatic carbocycles. The molecule has 1 aromatic rings. The van der Waals surface area contributed by atoms with Crippen LogP contribution < -0.4 is 5.32 Å². The van der Waals surface area contributed by atoms with Crippen molar-refractivity contribution in [3.05, 3.63) is 20.8 Å². The summed E-state index contributed by atoms with van der Waals surface area (Å²) in [4.78, 5) is 1.31. The van der Waals surface area contributed by atoms with Crippen LogP contribution in [0.15, 0.2) is 15.9 Å². The summed E-state index contributed by atoms with van der Waals surface area (Å²) in [5.41, 5.74) is 0. The Balaban J connectivity index is 2.40. The molecule has 0 fully saturated rings. The van der Waals surface area contributed by atoms with Crippen LogP contribution in [0.25, 0.3) is 0 Å². The third-order valence-electron chi connectivity index (χ3n) is 2.38. The maximum absolute atomic E-state index is 5.29. The third-order valence-corrected chi connectivity index (χ3v) is 4.43. The number of thiophene rings is 1. The Labute approximate surface area is 109 Å². The van der Waals surface area contributed by atoms with E-state index in [2.05, 4.69) is 39.6 Å². The zero-order valence-corrected chi connectivity index (χ0v) is 12.2. The van der Waals surface area contributed by atoms with Crippen LogP contribution in [0, 0.1) is 0 Å². The second-order valence-electron chi connectivity index (χ2n) is 3.58. The van der Waals surface area contributed by atoms with Crippen molar-refractivity contribution in [1.82, 2.24) is 5.32 Å². The number of nitrogens with one attached hydrogen (secondary N) is 1. The van der Waals surface area contributed by atoms with E-state index in [-0.39, 0.29) is 6.10 Å². The van der Waals surface area contributed by atoms with E-state index in [4.69, 9.17) is 9.47 Å². The number of rotatable bonds is 7. The van der Waals surface area contributed by atoms with E-state index in [0.29, 0.717) is 12.6 Å². The average Bonchev–Trinajstić information content (AvgIpc) is 2.70. The topological polar surface area (TPSA) is 30.5 Å². The number of methoxy groups -OCH3 is 2. The fourth-order valence-corrected chi connectivity index (χ4v) is 3.16. The predicted octanol–water partition coefficient (Wildman–Crippen LogP) is 2.82. The van der Waals surface area contributed by atoms with Crippen LogP contribution in [0.2, 0.25) is 0 Å². The van der Waals surface area contributed by atoms with Gasteiger partial charge in [0.15, 0.2) is 0 Å². The lowest BCUT2D eigenvalue weighted by molar-refractivity contribution is 0.0277. The highest BCUT2D eigenvalue weighted by Crippen LogP contribution is 2.28. The van der Waals surface area contributed by atoms with Gasteiger partial charge in [-0.05, 0) is 34.3 Å². The van der Waals surface area contributed by atoms with Crippen LogP contribution in [0.3, 0.4) is 0 Å². The first kappa shape index (κ1) is 14.1. The van der Waals surface area contributed by atoms with E-state index in [9.17, 15) is 0 Å². The normalized spacial score (nSPS) is 15.0. The largest absolute Gasteiger partial charge is 0.382 e. The number of ether oxygens (including phenoxy) is 2. The summed E-state index contributed by atoms with van der Waals surface area (Å²) >= 11 is 5.29. The second-order valence-corrected chi connectivity index (χ2v) is 5.38. The molecule has 0 bridgehead atoms. The lowest BCUT2D eigenvalue weighted by atomic mass is 10.2. The zero-order valence-electron chi connectivity index (χ0n) is 9.83. The molecule has 0 aliphatic heterocycles. The summed E-state index contributed by atoms with van der Waals surface area (Å²) in [6.45, 7) is 3.55. The van der Waals surface area contributed by atoms with Crippen LogP contribution in [0.4, 0.5) is 0 Å². The molecule has 0 amide bonds. The van der Waals surface area contributed by atoms with Gasteiger partial charge >= 0.3 is 0 Å². The van der Waals surface area contributed by atoms with Crippen LogP contribution in [0.5, 0.6) is 0 Å². The first-order valence-corrected chi connectivity index (χ1v) is 6.84. The van der Waals surface area contributed by atoms with Crippen molar-refractivity contribution in [2.24, 2.45) is 0 Å². The SMILES string of the molecule is COCC(CNC(C)c1sccc1Br)OC.